The highest BCUT2D eigenvalue weighted by Gasteiger charge is 2.38. The molecule has 0 heterocycles. The van der Waals surface area contributed by atoms with Crippen molar-refractivity contribution in [1.82, 2.24) is 0 Å². The molecule has 0 saturated heterocycles. The van der Waals surface area contributed by atoms with Crippen LogP contribution in [0.3, 0.4) is 0 Å². The molecule has 0 aliphatic heterocycles. The van der Waals surface area contributed by atoms with Crippen molar-refractivity contribution in [3.63, 3.8) is 0 Å². The molecule has 0 aliphatic rings. The predicted molar refractivity (Wildman–Crippen MR) is 64.1 cm³/mol. The summed E-state index contributed by atoms with van der Waals surface area (Å²) in [5.74, 6) is -0.230. The van der Waals surface area contributed by atoms with E-state index in [-0.39, 0.29) is 12.5 Å². The number of esters is 1. The summed E-state index contributed by atoms with van der Waals surface area (Å²) in [7, 11) is 0. The molecule has 0 bridgehead atoms. The number of ether oxygens (including phenoxy) is 1. The van der Waals surface area contributed by atoms with Gasteiger partial charge in [0.2, 0.25) is 0 Å². The molecule has 16 heavy (non-hydrogen) atoms. The van der Waals surface area contributed by atoms with Crippen LogP contribution >= 0.6 is 0 Å². The van der Waals surface area contributed by atoms with Crippen molar-refractivity contribution >= 4 is 5.97 Å². The molecule has 2 N–H and O–H groups in total. The third kappa shape index (κ3) is 2.25. The van der Waals surface area contributed by atoms with E-state index in [1.54, 1.807) is 6.92 Å². The van der Waals surface area contributed by atoms with Crippen LogP contribution in [0, 0.1) is 0 Å². The second-order valence-electron chi connectivity index (χ2n) is 3.73. The van der Waals surface area contributed by atoms with E-state index in [9.17, 15) is 4.79 Å². The van der Waals surface area contributed by atoms with Gasteiger partial charge < -0.3 is 10.5 Å². The fourth-order valence-corrected chi connectivity index (χ4v) is 1.84. The summed E-state index contributed by atoms with van der Waals surface area (Å²) in [5.41, 5.74) is 6.01. The van der Waals surface area contributed by atoms with Gasteiger partial charge in [0.05, 0.1) is 6.61 Å². The summed E-state index contributed by atoms with van der Waals surface area (Å²) in [6.07, 6.45) is 0.645. The highest BCUT2D eigenvalue weighted by Crippen LogP contribution is 2.28. The topological polar surface area (TPSA) is 52.3 Å². The molecule has 3 heteroatoms. The van der Waals surface area contributed by atoms with Gasteiger partial charge in [-0.05, 0) is 18.9 Å². The summed E-state index contributed by atoms with van der Waals surface area (Å²) in [4.78, 5) is 12.0. The Bertz CT molecular complexity index is 331. The zero-order valence-electron chi connectivity index (χ0n) is 9.90. The third-order valence-electron chi connectivity index (χ3n) is 2.94. The van der Waals surface area contributed by atoms with Crippen LogP contribution in [0.1, 0.15) is 25.8 Å². The van der Waals surface area contributed by atoms with E-state index >= 15 is 0 Å². The van der Waals surface area contributed by atoms with E-state index in [4.69, 9.17) is 10.5 Å². The monoisotopic (exact) mass is 221 g/mol. The van der Waals surface area contributed by atoms with E-state index in [0.29, 0.717) is 13.0 Å². The lowest BCUT2D eigenvalue weighted by Crippen LogP contribution is -2.43. The maximum absolute atomic E-state index is 12.0. The van der Waals surface area contributed by atoms with E-state index < -0.39 is 5.41 Å². The zero-order valence-corrected chi connectivity index (χ0v) is 9.90. The first-order valence-electron chi connectivity index (χ1n) is 5.64. The maximum Gasteiger partial charge on any atom is 0.317 e. The first-order valence-corrected chi connectivity index (χ1v) is 5.64. The second-order valence-corrected chi connectivity index (χ2v) is 3.73. The Kier molecular flexibility index (Phi) is 4.50. The molecule has 1 aromatic rings. The van der Waals surface area contributed by atoms with Gasteiger partial charge in [-0.3, -0.25) is 4.79 Å². The molecule has 0 spiro atoms. The minimum Gasteiger partial charge on any atom is -0.465 e. The van der Waals surface area contributed by atoms with Crippen molar-refractivity contribution in [3.8, 4) is 0 Å². The Labute approximate surface area is 96.6 Å². The first-order chi connectivity index (χ1) is 7.71. The molecule has 1 unspecified atom stereocenters. The maximum atomic E-state index is 12.0. The predicted octanol–water partition coefficient (Wildman–Crippen LogP) is 1.86. The van der Waals surface area contributed by atoms with E-state index in [1.165, 1.54) is 0 Å². The van der Waals surface area contributed by atoms with Crippen LogP contribution in [0.5, 0.6) is 0 Å². The molecule has 0 fully saturated rings. The van der Waals surface area contributed by atoms with E-state index in [2.05, 4.69) is 0 Å². The number of benzene rings is 1. The van der Waals surface area contributed by atoms with Crippen LogP contribution in [-0.4, -0.2) is 19.1 Å². The molecule has 0 aromatic heterocycles. The highest BCUT2D eigenvalue weighted by atomic mass is 16.5. The minimum atomic E-state index is -0.697. The molecule has 1 atom stereocenters. The molecule has 0 amide bonds. The molecule has 0 aliphatic carbocycles. The number of carbonyl (C=O) groups is 1. The SMILES string of the molecule is CCOC(=O)C(CC)(CN)c1ccccc1. The molecule has 1 aromatic carbocycles. The van der Waals surface area contributed by atoms with Crippen molar-refractivity contribution in [2.24, 2.45) is 5.73 Å². The Morgan fingerprint density at radius 3 is 2.38 bits per heavy atom. The van der Waals surface area contributed by atoms with Crippen LogP contribution in [0.15, 0.2) is 30.3 Å². The zero-order chi connectivity index (χ0) is 12.0. The number of nitrogens with two attached hydrogens (primary N) is 1. The Balaban J connectivity index is 3.10. The van der Waals surface area contributed by atoms with Crippen LogP contribution in [0.2, 0.25) is 0 Å². The van der Waals surface area contributed by atoms with Gasteiger partial charge in [0.25, 0.3) is 0 Å². The Morgan fingerprint density at radius 1 is 1.31 bits per heavy atom. The average Bonchev–Trinajstić information content (AvgIpc) is 2.33. The number of carbonyl (C=O) groups excluding carboxylic acids is 1. The van der Waals surface area contributed by atoms with Crippen molar-refractivity contribution in [3.05, 3.63) is 35.9 Å². The van der Waals surface area contributed by atoms with Crippen molar-refractivity contribution in [2.45, 2.75) is 25.7 Å². The van der Waals surface area contributed by atoms with Gasteiger partial charge in [0, 0.05) is 6.54 Å². The smallest absolute Gasteiger partial charge is 0.317 e. The summed E-state index contributed by atoms with van der Waals surface area (Å²) in [6.45, 7) is 4.41. The number of hydrogen-bond acceptors (Lipinski definition) is 3. The quantitative estimate of drug-likeness (QED) is 0.772. The van der Waals surface area contributed by atoms with Crippen LogP contribution in [0.4, 0.5) is 0 Å². The van der Waals surface area contributed by atoms with Gasteiger partial charge in [-0.1, -0.05) is 37.3 Å². The van der Waals surface area contributed by atoms with Gasteiger partial charge >= 0.3 is 5.97 Å². The Morgan fingerprint density at radius 2 is 1.94 bits per heavy atom. The molecule has 1 rings (SSSR count). The lowest BCUT2D eigenvalue weighted by molar-refractivity contribution is -0.150. The lowest BCUT2D eigenvalue weighted by Gasteiger charge is -2.29. The summed E-state index contributed by atoms with van der Waals surface area (Å²) >= 11 is 0. The second kappa shape index (κ2) is 5.66. The fraction of sp³-hybridized carbons (Fsp3) is 0.462. The van der Waals surface area contributed by atoms with Crippen molar-refractivity contribution in [2.75, 3.05) is 13.2 Å². The van der Waals surface area contributed by atoms with E-state index in [1.807, 2.05) is 37.3 Å². The lowest BCUT2D eigenvalue weighted by atomic mass is 9.78. The number of hydrogen-bond donors (Lipinski definition) is 1. The molecule has 88 valence electrons. The average molecular weight is 221 g/mol. The van der Waals surface area contributed by atoms with Crippen molar-refractivity contribution in [1.29, 1.82) is 0 Å². The van der Waals surface area contributed by atoms with Crippen molar-refractivity contribution < 1.29 is 9.53 Å². The highest BCUT2D eigenvalue weighted by molar-refractivity contribution is 5.83. The molecule has 0 saturated carbocycles. The summed E-state index contributed by atoms with van der Waals surface area (Å²) in [5, 5.41) is 0. The van der Waals surface area contributed by atoms with Crippen LogP contribution in [0.25, 0.3) is 0 Å². The van der Waals surface area contributed by atoms with Crippen LogP contribution in [-0.2, 0) is 14.9 Å². The third-order valence-corrected chi connectivity index (χ3v) is 2.94. The standard InChI is InChI=1S/C13H19NO2/c1-3-13(10-14,12(15)16-4-2)11-8-6-5-7-9-11/h5-9H,3-4,10,14H2,1-2H3. The number of rotatable bonds is 5. The fourth-order valence-electron chi connectivity index (χ4n) is 1.84. The van der Waals surface area contributed by atoms with Gasteiger partial charge in [-0.2, -0.15) is 0 Å². The van der Waals surface area contributed by atoms with Gasteiger partial charge in [-0.25, -0.2) is 0 Å². The Hall–Kier alpha value is -1.35. The molecule has 3 nitrogen and oxygen atoms in total. The molecular formula is C13H19NO2. The largest absolute Gasteiger partial charge is 0.465 e. The summed E-state index contributed by atoms with van der Waals surface area (Å²) < 4.78 is 5.12. The van der Waals surface area contributed by atoms with Gasteiger partial charge in [0.1, 0.15) is 5.41 Å². The normalized spacial score (nSPS) is 14.2. The van der Waals surface area contributed by atoms with Gasteiger partial charge in [-0.15, -0.1) is 0 Å². The summed E-state index contributed by atoms with van der Waals surface area (Å²) in [6, 6.07) is 9.59. The first kappa shape index (κ1) is 12.7. The van der Waals surface area contributed by atoms with Crippen LogP contribution < -0.4 is 5.73 Å². The molecule has 0 radical (unpaired) electrons. The van der Waals surface area contributed by atoms with Gasteiger partial charge in [0.15, 0.2) is 0 Å². The van der Waals surface area contributed by atoms with E-state index in [0.717, 1.165) is 5.56 Å². The molecular weight excluding hydrogens is 202 g/mol. The minimum absolute atomic E-state index is 0.230.